The number of rotatable bonds is 6. The van der Waals surface area contributed by atoms with Crippen LogP contribution >= 0.6 is 0 Å². The molecule has 0 saturated heterocycles. The molecule has 0 amide bonds. The molecule has 0 atom stereocenters. The van der Waals surface area contributed by atoms with Gasteiger partial charge in [-0.2, -0.15) is 0 Å². The van der Waals surface area contributed by atoms with E-state index >= 15 is 0 Å². The van der Waals surface area contributed by atoms with E-state index in [1.807, 2.05) is 0 Å². The molecule has 0 bridgehead atoms. The third-order valence-corrected chi connectivity index (χ3v) is 21.9. The van der Waals surface area contributed by atoms with Crippen LogP contribution in [0.4, 0.5) is 34.1 Å². The minimum atomic E-state index is -0.552. The number of anilines is 6. The SMILES string of the molecule is CC1(C)c2ccccc2-c2ccc(N(c3ccc4c(c3)-c3cc(N(c5ccc6c(c5)C(C)(C)c5ccccc5-6)c5ccc6c(c5)C(C)(C)c5ccccc5-6)ccc3C43c4ccccc4-c4ccccc43)c3ccc4c(c3)C(C)(C)c3ccccc3-4)cc21. The van der Waals surface area contributed by atoms with E-state index in [1.165, 1.54) is 134 Å². The molecule has 1 spiro atoms. The van der Waals surface area contributed by atoms with Crippen molar-refractivity contribution in [3.05, 3.63) is 322 Å². The normalized spacial score (nSPS) is 16.3. The lowest BCUT2D eigenvalue weighted by molar-refractivity contribution is 0.659. The number of fused-ring (bicyclic) bond motifs is 22. The maximum absolute atomic E-state index is 2.56. The summed E-state index contributed by atoms with van der Waals surface area (Å²) in [5.41, 5.74) is 37.5. The zero-order chi connectivity index (χ0) is 58.7. The molecule has 0 saturated carbocycles. The van der Waals surface area contributed by atoms with E-state index < -0.39 is 5.41 Å². The Morgan fingerprint density at radius 1 is 0.172 bits per heavy atom. The smallest absolute Gasteiger partial charge is 0.0725 e. The van der Waals surface area contributed by atoms with Gasteiger partial charge >= 0.3 is 0 Å². The largest absolute Gasteiger partial charge is 0.310 e. The Morgan fingerprint density at radius 2 is 0.368 bits per heavy atom. The van der Waals surface area contributed by atoms with Gasteiger partial charge in [0.25, 0.3) is 0 Å². The molecule has 0 radical (unpaired) electrons. The van der Waals surface area contributed by atoms with Crippen LogP contribution in [0.2, 0.25) is 0 Å². The van der Waals surface area contributed by atoms with E-state index in [4.69, 9.17) is 0 Å². The summed E-state index contributed by atoms with van der Waals surface area (Å²) in [6.45, 7) is 19.2. The molecule has 0 aliphatic heterocycles. The maximum Gasteiger partial charge on any atom is 0.0725 e. The Kier molecular flexibility index (Phi) is 10.0. The summed E-state index contributed by atoms with van der Waals surface area (Å²) in [6, 6.07) is 98.4. The van der Waals surface area contributed by atoms with E-state index in [1.54, 1.807) is 0 Å². The Labute approximate surface area is 511 Å². The van der Waals surface area contributed by atoms with Crippen molar-refractivity contribution in [2.45, 2.75) is 82.5 Å². The van der Waals surface area contributed by atoms with Gasteiger partial charge in [-0.15, -0.1) is 0 Å². The summed E-state index contributed by atoms with van der Waals surface area (Å²) in [6.07, 6.45) is 0. The number of hydrogen-bond acceptors (Lipinski definition) is 2. The van der Waals surface area contributed by atoms with E-state index in [9.17, 15) is 0 Å². The third-order valence-electron chi connectivity index (χ3n) is 21.9. The zero-order valence-electron chi connectivity index (χ0n) is 50.6. The first-order valence-electron chi connectivity index (χ1n) is 31.2. The van der Waals surface area contributed by atoms with Crippen LogP contribution in [0.3, 0.4) is 0 Å². The van der Waals surface area contributed by atoms with Crippen LogP contribution in [0.25, 0.3) is 66.8 Å². The second-order valence-electron chi connectivity index (χ2n) is 27.6. The summed E-state index contributed by atoms with van der Waals surface area (Å²) in [5.74, 6) is 0. The van der Waals surface area contributed by atoms with Crippen molar-refractivity contribution in [2.24, 2.45) is 0 Å². The third kappa shape index (κ3) is 6.50. The summed E-state index contributed by atoms with van der Waals surface area (Å²) in [5, 5.41) is 0. The molecule has 0 aromatic heterocycles. The van der Waals surface area contributed by atoms with Crippen molar-refractivity contribution < 1.29 is 0 Å². The highest BCUT2D eigenvalue weighted by Gasteiger charge is 2.52. The first-order chi connectivity index (χ1) is 42.2. The summed E-state index contributed by atoms with van der Waals surface area (Å²) in [4.78, 5) is 5.12. The van der Waals surface area contributed by atoms with E-state index in [0.29, 0.717) is 0 Å². The Bertz CT molecular complexity index is 4490. The van der Waals surface area contributed by atoms with Crippen molar-refractivity contribution >= 4 is 34.1 Å². The molecule has 416 valence electrons. The van der Waals surface area contributed by atoms with E-state index in [2.05, 4.69) is 320 Å². The number of nitrogens with zero attached hydrogens (tertiary/aromatic N) is 2. The molecular weight excluding hydrogens is 1050 g/mol. The van der Waals surface area contributed by atoms with Gasteiger partial charge in [0.2, 0.25) is 0 Å². The highest BCUT2D eigenvalue weighted by atomic mass is 15.1. The maximum atomic E-state index is 2.56. The Morgan fingerprint density at radius 3 is 0.644 bits per heavy atom. The molecule has 0 N–H and O–H groups in total. The molecule has 12 aromatic carbocycles. The summed E-state index contributed by atoms with van der Waals surface area (Å²) in [7, 11) is 0. The van der Waals surface area contributed by atoms with Gasteiger partial charge < -0.3 is 9.80 Å². The predicted molar refractivity (Wildman–Crippen MR) is 362 cm³/mol. The fourth-order valence-electron chi connectivity index (χ4n) is 17.6. The average molecular weight is 1120 g/mol. The second kappa shape index (κ2) is 17.2. The van der Waals surface area contributed by atoms with Crippen LogP contribution in [0, 0.1) is 0 Å². The van der Waals surface area contributed by atoms with Crippen LogP contribution in [0.1, 0.15) is 122 Å². The fourth-order valence-corrected chi connectivity index (χ4v) is 17.6. The molecular formula is C85H66N2. The lowest BCUT2D eigenvalue weighted by Crippen LogP contribution is -2.26. The molecule has 0 fully saturated rings. The average Bonchev–Trinajstić information content (AvgIpc) is 1.53. The highest BCUT2D eigenvalue weighted by molar-refractivity contribution is 5.99. The van der Waals surface area contributed by atoms with Crippen LogP contribution < -0.4 is 9.80 Å². The van der Waals surface area contributed by atoms with E-state index in [-0.39, 0.29) is 21.7 Å². The molecule has 87 heavy (non-hydrogen) atoms. The quantitative estimate of drug-likeness (QED) is 0.164. The minimum absolute atomic E-state index is 0.179. The molecule has 6 aliphatic rings. The number of hydrogen-bond donors (Lipinski definition) is 0. The molecule has 18 rings (SSSR count). The summed E-state index contributed by atoms with van der Waals surface area (Å²) >= 11 is 0. The fraction of sp³-hybridized carbons (Fsp3) is 0.153. The van der Waals surface area contributed by atoms with Crippen LogP contribution in [-0.4, -0.2) is 0 Å². The van der Waals surface area contributed by atoms with Gasteiger partial charge in [-0.1, -0.05) is 237 Å². The van der Waals surface area contributed by atoms with Crippen molar-refractivity contribution in [1.82, 2.24) is 0 Å². The first kappa shape index (κ1) is 50.6. The molecule has 2 nitrogen and oxygen atoms in total. The van der Waals surface area contributed by atoms with Crippen molar-refractivity contribution in [3.8, 4) is 66.8 Å². The highest BCUT2D eigenvalue weighted by Crippen LogP contribution is 2.65. The molecule has 0 unspecified atom stereocenters. The van der Waals surface area contributed by atoms with Gasteiger partial charge in [-0.3, -0.25) is 0 Å². The van der Waals surface area contributed by atoms with Gasteiger partial charge in [-0.05, 0) is 206 Å². The van der Waals surface area contributed by atoms with Gasteiger partial charge in [0.15, 0.2) is 0 Å². The van der Waals surface area contributed by atoms with Gasteiger partial charge in [0.05, 0.1) is 5.41 Å². The standard InChI is InChI=1S/C85H66N2/c1-81(2)69-27-15-9-21-57(69)63-39-33-53(47-77(63)81)86(54-34-40-64-58-22-10-16-28-70(58)82(3,4)78(64)48-54)51-37-43-75-67(45-51)68-46-52(38-44-76(68)85(75)73-31-19-13-25-61(73)62-26-14-20-32-74(62)85)87(55-35-41-65-59-23-11-17-29-71(59)83(5,6)79(65)49-55)56-36-42-66-60-24-12-18-30-72(60)84(7,8)80(66)50-56/h9-50H,1-8H3. The topological polar surface area (TPSA) is 6.48 Å². The molecule has 12 aromatic rings. The molecule has 0 heterocycles. The van der Waals surface area contributed by atoms with Gasteiger partial charge in [0, 0.05) is 55.8 Å². The van der Waals surface area contributed by atoms with Crippen molar-refractivity contribution in [1.29, 1.82) is 0 Å². The van der Waals surface area contributed by atoms with Crippen LogP contribution in [0.15, 0.2) is 255 Å². The second-order valence-corrected chi connectivity index (χ2v) is 27.6. The zero-order valence-corrected chi connectivity index (χ0v) is 50.6. The van der Waals surface area contributed by atoms with Gasteiger partial charge in [0.1, 0.15) is 0 Å². The predicted octanol–water partition coefficient (Wildman–Crippen LogP) is 22.2. The molecule has 6 aliphatic carbocycles. The monoisotopic (exact) mass is 1110 g/mol. The summed E-state index contributed by atoms with van der Waals surface area (Å²) < 4.78 is 0. The lowest BCUT2D eigenvalue weighted by Gasteiger charge is -2.32. The van der Waals surface area contributed by atoms with Crippen LogP contribution in [0.5, 0.6) is 0 Å². The van der Waals surface area contributed by atoms with Gasteiger partial charge in [-0.25, -0.2) is 0 Å². The van der Waals surface area contributed by atoms with Crippen molar-refractivity contribution in [3.63, 3.8) is 0 Å². The van der Waals surface area contributed by atoms with E-state index in [0.717, 1.165) is 34.1 Å². The lowest BCUT2D eigenvalue weighted by atomic mass is 9.70. The number of benzene rings is 12. The minimum Gasteiger partial charge on any atom is -0.310 e. The van der Waals surface area contributed by atoms with Crippen LogP contribution in [-0.2, 0) is 27.1 Å². The van der Waals surface area contributed by atoms with Crippen molar-refractivity contribution in [2.75, 3.05) is 9.80 Å². The Hall–Kier alpha value is -9.76. The Balaban J connectivity index is 0.884. The molecule has 2 heteroatoms. The first-order valence-corrected chi connectivity index (χ1v) is 31.2.